The van der Waals surface area contributed by atoms with E-state index in [1.54, 1.807) is 0 Å². The summed E-state index contributed by atoms with van der Waals surface area (Å²) >= 11 is 0. The summed E-state index contributed by atoms with van der Waals surface area (Å²) in [5.41, 5.74) is 6.22. The Kier molecular flexibility index (Phi) is 6.15. The summed E-state index contributed by atoms with van der Waals surface area (Å²) in [4.78, 5) is 15.3. The van der Waals surface area contributed by atoms with E-state index in [4.69, 9.17) is 15.0 Å². The zero-order valence-corrected chi connectivity index (χ0v) is 26.5. The fraction of sp³-hybridized carbons (Fsp3) is 0. The number of aromatic nitrogens is 4. The number of hydrogen-bond acceptors (Lipinski definition) is 3. The average molecular weight is 625 g/mol. The molecule has 0 bridgehead atoms. The van der Waals surface area contributed by atoms with E-state index in [0.717, 1.165) is 22.4 Å². The molecule has 0 amide bonds. The second-order valence-corrected chi connectivity index (χ2v) is 12.5. The van der Waals surface area contributed by atoms with Gasteiger partial charge in [0.15, 0.2) is 17.5 Å². The Morgan fingerprint density at radius 3 is 1.53 bits per heavy atom. The first-order chi connectivity index (χ1) is 24.3. The summed E-state index contributed by atoms with van der Waals surface area (Å²) in [5.74, 6) is 1.92. The van der Waals surface area contributed by atoms with Crippen molar-refractivity contribution in [3.05, 3.63) is 170 Å². The lowest BCUT2D eigenvalue weighted by Gasteiger charge is -2.12. The quantitative estimate of drug-likeness (QED) is 0.183. The highest BCUT2D eigenvalue weighted by Crippen LogP contribution is 2.35. The van der Waals surface area contributed by atoms with E-state index in [9.17, 15) is 0 Å². The van der Waals surface area contributed by atoms with Crippen molar-refractivity contribution >= 4 is 54.1 Å². The van der Waals surface area contributed by atoms with Crippen LogP contribution in [0.4, 0.5) is 0 Å². The van der Waals surface area contributed by atoms with E-state index in [1.807, 2.05) is 18.2 Å². The summed E-state index contributed by atoms with van der Waals surface area (Å²) in [6.07, 6.45) is 0. The van der Waals surface area contributed by atoms with Crippen LogP contribution >= 0.6 is 0 Å². The number of para-hydroxylation sites is 2. The minimum atomic E-state index is 0.635. The Balaban J connectivity index is 1.17. The maximum atomic E-state index is 5.15. The van der Waals surface area contributed by atoms with Crippen LogP contribution in [0.15, 0.2) is 170 Å². The SMILES string of the molecule is c1ccc(-c2nc(-c3cccc(-n4c5ccccc5c5ccccc54)c3)nc(-c3ccc4ccc5c6ccccc6ccc5c4c3)n2)cc1. The van der Waals surface area contributed by atoms with Gasteiger partial charge in [-0.2, -0.15) is 0 Å². The van der Waals surface area contributed by atoms with Gasteiger partial charge in [0.2, 0.25) is 0 Å². The molecule has 0 unspecified atom stereocenters. The van der Waals surface area contributed by atoms with Crippen LogP contribution in [0, 0.1) is 0 Å². The maximum absolute atomic E-state index is 5.15. The number of nitrogens with zero attached hydrogens (tertiary/aromatic N) is 4. The fourth-order valence-corrected chi connectivity index (χ4v) is 7.29. The fourth-order valence-electron chi connectivity index (χ4n) is 7.29. The molecule has 4 nitrogen and oxygen atoms in total. The zero-order valence-electron chi connectivity index (χ0n) is 26.5. The van der Waals surface area contributed by atoms with Crippen LogP contribution in [0.1, 0.15) is 0 Å². The third-order valence-corrected chi connectivity index (χ3v) is 9.61. The number of benzene rings is 8. The lowest BCUT2D eigenvalue weighted by Crippen LogP contribution is -2.01. The highest BCUT2D eigenvalue weighted by molar-refractivity contribution is 6.17. The van der Waals surface area contributed by atoms with Crippen molar-refractivity contribution in [3.8, 4) is 39.9 Å². The maximum Gasteiger partial charge on any atom is 0.164 e. The van der Waals surface area contributed by atoms with Crippen LogP contribution in [0.5, 0.6) is 0 Å². The second kappa shape index (κ2) is 11.0. The smallest absolute Gasteiger partial charge is 0.164 e. The minimum Gasteiger partial charge on any atom is -0.309 e. The number of rotatable bonds is 4. The van der Waals surface area contributed by atoms with Gasteiger partial charge in [0, 0.05) is 33.2 Å². The zero-order chi connectivity index (χ0) is 32.3. The first kappa shape index (κ1) is 27.5. The molecule has 10 rings (SSSR count). The van der Waals surface area contributed by atoms with Crippen LogP contribution in [-0.2, 0) is 0 Å². The first-order valence-corrected chi connectivity index (χ1v) is 16.5. The van der Waals surface area contributed by atoms with E-state index in [2.05, 4.69) is 156 Å². The molecule has 10 aromatic rings. The normalized spacial score (nSPS) is 11.7. The Labute approximate surface area is 282 Å². The molecule has 0 N–H and O–H groups in total. The Morgan fingerprint density at radius 1 is 0.306 bits per heavy atom. The standard InChI is InChI=1S/C45H28N4/c1-2-12-31(13-3-1)43-46-44(32-14-10-15-34(27-32)49-41-19-8-6-17-38(41)39-18-7-9-20-42(39)49)48-45(47-43)33-22-21-30-24-25-36-35-16-5-4-11-29(35)23-26-37(36)40(30)28-33/h1-28H. The molecule has 0 fully saturated rings. The predicted octanol–water partition coefficient (Wildman–Crippen LogP) is 11.4. The first-order valence-electron chi connectivity index (χ1n) is 16.5. The summed E-state index contributed by atoms with van der Waals surface area (Å²) in [5, 5.41) is 9.77. The molecule has 0 spiro atoms. The topological polar surface area (TPSA) is 43.6 Å². The lowest BCUT2D eigenvalue weighted by atomic mass is 9.96. The number of hydrogen-bond donors (Lipinski definition) is 0. The van der Waals surface area contributed by atoms with Gasteiger partial charge in [-0.15, -0.1) is 0 Å². The van der Waals surface area contributed by atoms with Crippen molar-refractivity contribution in [1.82, 2.24) is 19.5 Å². The summed E-state index contributed by atoms with van der Waals surface area (Å²) in [6, 6.07) is 59.8. The monoisotopic (exact) mass is 624 g/mol. The third kappa shape index (κ3) is 4.49. The molecule has 0 aliphatic rings. The van der Waals surface area contributed by atoms with E-state index in [-0.39, 0.29) is 0 Å². The highest BCUT2D eigenvalue weighted by Gasteiger charge is 2.16. The molecule has 0 saturated carbocycles. The molecular weight excluding hydrogens is 597 g/mol. The largest absolute Gasteiger partial charge is 0.309 e. The van der Waals surface area contributed by atoms with Crippen LogP contribution in [0.3, 0.4) is 0 Å². The molecule has 4 heteroatoms. The van der Waals surface area contributed by atoms with Crippen molar-refractivity contribution in [2.24, 2.45) is 0 Å². The molecule has 2 aromatic heterocycles. The Hall–Kier alpha value is -6.65. The molecule has 8 aromatic carbocycles. The summed E-state index contributed by atoms with van der Waals surface area (Å²) in [7, 11) is 0. The number of fused-ring (bicyclic) bond motifs is 8. The van der Waals surface area contributed by atoms with Crippen LogP contribution in [0.25, 0.3) is 94.0 Å². The van der Waals surface area contributed by atoms with Crippen LogP contribution < -0.4 is 0 Å². The van der Waals surface area contributed by atoms with E-state index in [0.29, 0.717) is 17.5 Å². The molecule has 0 aliphatic carbocycles. The molecule has 2 heterocycles. The van der Waals surface area contributed by atoms with Gasteiger partial charge in [-0.3, -0.25) is 0 Å². The third-order valence-electron chi connectivity index (χ3n) is 9.61. The van der Waals surface area contributed by atoms with Crippen molar-refractivity contribution in [2.45, 2.75) is 0 Å². The van der Waals surface area contributed by atoms with Gasteiger partial charge in [0.05, 0.1) is 11.0 Å². The average Bonchev–Trinajstić information content (AvgIpc) is 3.52. The molecule has 0 atom stereocenters. The van der Waals surface area contributed by atoms with E-state index in [1.165, 1.54) is 54.1 Å². The van der Waals surface area contributed by atoms with E-state index < -0.39 is 0 Å². The Morgan fingerprint density at radius 2 is 0.816 bits per heavy atom. The molecule has 0 aliphatic heterocycles. The van der Waals surface area contributed by atoms with Gasteiger partial charge in [0.1, 0.15) is 0 Å². The summed E-state index contributed by atoms with van der Waals surface area (Å²) < 4.78 is 2.33. The van der Waals surface area contributed by atoms with Crippen molar-refractivity contribution in [1.29, 1.82) is 0 Å². The lowest BCUT2D eigenvalue weighted by molar-refractivity contribution is 1.07. The molecule has 228 valence electrons. The van der Waals surface area contributed by atoms with Gasteiger partial charge < -0.3 is 4.57 Å². The highest BCUT2D eigenvalue weighted by atomic mass is 15.0. The molecule has 0 radical (unpaired) electrons. The van der Waals surface area contributed by atoms with Crippen molar-refractivity contribution < 1.29 is 0 Å². The summed E-state index contributed by atoms with van der Waals surface area (Å²) in [6.45, 7) is 0. The Bertz CT molecular complexity index is 2830. The van der Waals surface area contributed by atoms with Gasteiger partial charge >= 0.3 is 0 Å². The van der Waals surface area contributed by atoms with Gasteiger partial charge in [-0.25, -0.2) is 15.0 Å². The van der Waals surface area contributed by atoms with Gasteiger partial charge in [-0.05, 0) is 62.6 Å². The van der Waals surface area contributed by atoms with Crippen LogP contribution in [-0.4, -0.2) is 19.5 Å². The van der Waals surface area contributed by atoms with Crippen molar-refractivity contribution in [3.63, 3.8) is 0 Å². The van der Waals surface area contributed by atoms with Gasteiger partial charge in [-0.1, -0.05) is 140 Å². The van der Waals surface area contributed by atoms with Crippen LogP contribution in [0.2, 0.25) is 0 Å². The molecular formula is C45H28N4. The predicted molar refractivity (Wildman–Crippen MR) is 203 cm³/mol. The van der Waals surface area contributed by atoms with Gasteiger partial charge in [0.25, 0.3) is 0 Å². The second-order valence-electron chi connectivity index (χ2n) is 12.5. The minimum absolute atomic E-state index is 0.635. The van der Waals surface area contributed by atoms with Crippen molar-refractivity contribution in [2.75, 3.05) is 0 Å². The molecule has 49 heavy (non-hydrogen) atoms. The van der Waals surface area contributed by atoms with E-state index >= 15 is 0 Å². The molecule has 0 saturated heterocycles.